The van der Waals surface area contributed by atoms with Crippen LogP contribution >= 0.6 is 11.3 Å². The number of aryl methyl sites for hydroxylation is 3. The summed E-state index contributed by atoms with van der Waals surface area (Å²) in [6.07, 6.45) is 9.95. The van der Waals surface area contributed by atoms with Gasteiger partial charge in [0.1, 0.15) is 5.01 Å². The number of nitrogens with one attached hydrogen (secondary N) is 1. The molecule has 2 aromatic carbocycles. The molecule has 0 aliphatic heterocycles. The number of aromatic nitrogens is 1. The van der Waals surface area contributed by atoms with Crippen molar-refractivity contribution in [2.45, 2.75) is 61.4 Å². The molecule has 0 unspecified atom stereocenters. The van der Waals surface area contributed by atoms with Gasteiger partial charge in [0.25, 0.3) is 0 Å². The average molecular weight is 497 g/mol. The number of thiazole rings is 1. The van der Waals surface area contributed by atoms with E-state index >= 15 is 0 Å². The lowest BCUT2D eigenvalue weighted by molar-refractivity contribution is 0.737. The summed E-state index contributed by atoms with van der Waals surface area (Å²) >= 11 is 1.70. The maximum atomic E-state index is 4.79. The zero-order valence-electron chi connectivity index (χ0n) is 22.9. The fraction of sp³-hybridized carbons (Fsp3) is 0.303. The molecule has 1 aliphatic rings. The SMILES string of the molecule is C=C(NCc1cc(C2=CC(C)=CCC=C2)ccc1C)c1sc(-c2ccc(C)cc2)nc1C.CC(C)C. The molecule has 1 N–H and O–H groups in total. The minimum atomic E-state index is 0.738. The van der Waals surface area contributed by atoms with Crippen LogP contribution in [0, 0.1) is 26.7 Å². The van der Waals surface area contributed by atoms with Crippen LogP contribution in [0.25, 0.3) is 21.8 Å². The van der Waals surface area contributed by atoms with Crippen molar-refractivity contribution in [1.82, 2.24) is 10.3 Å². The fourth-order valence-corrected chi connectivity index (χ4v) is 4.82. The molecule has 36 heavy (non-hydrogen) atoms. The maximum absolute atomic E-state index is 4.79. The quantitative estimate of drug-likeness (QED) is 0.367. The van der Waals surface area contributed by atoms with Gasteiger partial charge < -0.3 is 5.32 Å². The minimum absolute atomic E-state index is 0.738. The van der Waals surface area contributed by atoms with Gasteiger partial charge in [-0.2, -0.15) is 0 Å². The van der Waals surface area contributed by atoms with Gasteiger partial charge in [-0.15, -0.1) is 11.3 Å². The van der Waals surface area contributed by atoms with Gasteiger partial charge in [-0.1, -0.05) is 99.2 Å². The molecule has 0 saturated heterocycles. The Hall–Kier alpha value is -3.17. The van der Waals surface area contributed by atoms with E-state index in [1.165, 1.54) is 33.4 Å². The molecule has 0 saturated carbocycles. The van der Waals surface area contributed by atoms with E-state index in [-0.39, 0.29) is 0 Å². The molecule has 1 aliphatic carbocycles. The first-order valence-corrected chi connectivity index (χ1v) is 13.6. The molecule has 3 heteroatoms. The predicted molar refractivity (Wildman–Crippen MR) is 160 cm³/mol. The highest BCUT2D eigenvalue weighted by molar-refractivity contribution is 7.16. The van der Waals surface area contributed by atoms with E-state index in [4.69, 9.17) is 4.98 Å². The largest absolute Gasteiger partial charge is 0.380 e. The van der Waals surface area contributed by atoms with Crippen LogP contribution in [-0.4, -0.2) is 4.98 Å². The molecule has 3 aromatic rings. The van der Waals surface area contributed by atoms with E-state index in [9.17, 15) is 0 Å². The molecule has 188 valence electrons. The predicted octanol–water partition coefficient (Wildman–Crippen LogP) is 9.45. The molecule has 0 bridgehead atoms. The third kappa shape index (κ3) is 7.66. The lowest BCUT2D eigenvalue weighted by atomic mass is 9.98. The summed E-state index contributed by atoms with van der Waals surface area (Å²) in [7, 11) is 0. The van der Waals surface area contributed by atoms with Gasteiger partial charge in [0.2, 0.25) is 0 Å². The maximum Gasteiger partial charge on any atom is 0.124 e. The summed E-state index contributed by atoms with van der Waals surface area (Å²) in [6, 6.07) is 15.2. The summed E-state index contributed by atoms with van der Waals surface area (Å²) in [4.78, 5) is 5.91. The van der Waals surface area contributed by atoms with E-state index < -0.39 is 0 Å². The first kappa shape index (κ1) is 27.4. The number of benzene rings is 2. The van der Waals surface area contributed by atoms with Crippen molar-refractivity contribution >= 4 is 22.6 Å². The molecule has 1 heterocycles. The summed E-state index contributed by atoms with van der Waals surface area (Å²) in [5, 5.41) is 4.59. The molecule has 0 atom stereocenters. The van der Waals surface area contributed by atoms with Crippen LogP contribution in [-0.2, 0) is 6.54 Å². The van der Waals surface area contributed by atoms with E-state index in [0.717, 1.165) is 45.7 Å². The van der Waals surface area contributed by atoms with Gasteiger partial charge in [-0.3, -0.25) is 0 Å². The molecule has 0 spiro atoms. The van der Waals surface area contributed by atoms with E-state index in [1.807, 2.05) is 0 Å². The van der Waals surface area contributed by atoms with Crippen molar-refractivity contribution in [2.75, 3.05) is 0 Å². The van der Waals surface area contributed by atoms with Crippen LogP contribution in [0.1, 0.15) is 66.9 Å². The third-order valence-corrected chi connectivity index (χ3v) is 7.07. The highest BCUT2D eigenvalue weighted by Crippen LogP contribution is 2.31. The van der Waals surface area contributed by atoms with Crippen LogP contribution in [0.15, 0.2) is 78.9 Å². The van der Waals surface area contributed by atoms with Crippen molar-refractivity contribution < 1.29 is 0 Å². The number of rotatable bonds is 6. The Balaban J connectivity index is 0.000000840. The summed E-state index contributed by atoms with van der Waals surface area (Å²) in [5.41, 5.74) is 10.7. The number of nitrogens with zero attached hydrogens (tertiary/aromatic N) is 1. The first-order chi connectivity index (χ1) is 17.1. The van der Waals surface area contributed by atoms with E-state index in [2.05, 4.69) is 127 Å². The Bertz CT molecular complexity index is 1280. The molecule has 2 nitrogen and oxygen atoms in total. The van der Waals surface area contributed by atoms with Crippen LogP contribution in [0.4, 0.5) is 0 Å². The number of hydrogen-bond donors (Lipinski definition) is 1. The van der Waals surface area contributed by atoms with E-state index in [1.54, 1.807) is 11.3 Å². The van der Waals surface area contributed by atoms with Crippen LogP contribution in [0.3, 0.4) is 0 Å². The van der Waals surface area contributed by atoms with Gasteiger partial charge in [-0.05, 0) is 68.4 Å². The van der Waals surface area contributed by atoms with Crippen LogP contribution < -0.4 is 5.32 Å². The lowest BCUT2D eigenvalue weighted by Crippen LogP contribution is -2.12. The summed E-state index contributed by atoms with van der Waals surface area (Å²) in [6.45, 7) is 20.0. The highest BCUT2D eigenvalue weighted by atomic mass is 32.1. The molecular weight excluding hydrogens is 456 g/mol. The normalized spacial score (nSPS) is 12.9. The molecular formula is C33H40N2S. The van der Waals surface area contributed by atoms with Gasteiger partial charge in [0.05, 0.1) is 10.6 Å². The Morgan fingerprint density at radius 3 is 2.36 bits per heavy atom. The van der Waals surface area contributed by atoms with Crippen LogP contribution in [0.5, 0.6) is 0 Å². The van der Waals surface area contributed by atoms with Crippen molar-refractivity contribution in [3.8, 4) is 10.6 Å². The monoisotopic (exact) mass is 496 g/mol. The third-order valence-electron chi connectivity index (χ3n) is 5.80. The lowest BCUT2D eigenvalue weighted by Gasteiger charge is -2.13. The van der Waals surface area contributed by atoms with Gasteiger partial charge in [-0.25, -0.2) is 4.98 Å². The van der Waals surface area contributed by atoms with Crippen molar-refractivity contribution in [3.63, 3.8) is 0 Å². The van der Waals surface area contributed by atoms with Crippen molar-refractivity contribution in [1.29, 1.82) is 0 Å². The zero-order valence-corrected chi connectivity index (χ0v) is 23.7. The van der Waals surface area contributed by atoms with Gasteiger partial charge >= 0.3 is 0 Å². The van der Waals surface area contributed by atoms with Crippen LogP contribution in [0.2, 0.25) is 0 Å². The average Bonchev–Trinajstić information content (AvgIpc) is 3.08. The highest BCUT2D eigenvalue weighted by Gasteiger charge is 2.13. The first-order valence-electron chi connectivity index (χ1n) is 12.8. The molecule has 0 amide bonds. The summed E-state index contributed by atoms with van der Waals surface area (Å²) in [5.74, 6) is 0.833. The van der Waals surface area contributed by atoms with Crippen molar-refractivity contribution in [3.05, 3.63) is 112 Å². The summed E-state index contributed by atoms with van der Waals surface area (Å²) < 4.78 is 0. The van der Waals surface area contributed by atoms with Gasteiger partial charge in [0.15, 0.2) is 0 Å². The Morgan fingerprint density at radius 2 is 1.67 bits per heavy atom. The number of hydrogen-bond acceptors (Lipinski definition) is 3. The molecule has 1 aromatic heterocycles. The smallest absolute Gasteiger partial charge is 0.124 e. The standard InChI is InChI=1S/C29H30N2S.C4H10/c1-19-10-13-24(14-11-19)29-31-23(5)28(32-29)22(4)30-18-27-17-26(15-12-21(27)3)25-9-7-6-8-20(2)16-25;1-4(2)3/h7-17,30H,4,6,18H2,1-3,5H3;4H,1-3H3. The van der Waals surface area contributed by atoms with Crippen molar-refractivity contribution in [2.24, 2.45) is 5.92 Å². The second kappa shape index (κ2) is 12.7. The Morgan fingerprint density at radius 1 is 1.00 bits per heavy atom. The molecule has 0 radical (unpaired) electrons. The zero-order chi connectivity index (χ0) is 26.2. The topological polar surface area (TPSA) is 24.9 Å². The Labute approximate surface area is 222 Å². The second-order valence-electron chi connectivity index (χ2n) is 10.2. The van der Waals surface area contributed by atoms with Gasteiger partial charge in [0, 0.05) is 17.8 Å². The molecule has 0 fully saturated rings. The molecule has 4 rings (SSSR count). The number of allylic oxidation sites excluding steroid dienone is 6. The van der Waals surface area contributed by atoms with E-state index in [0.29, 0.717) is 0 Å². The Kier molecular flexibility index (Phi) is 9.66. The second-order valence-corrected chi connectivity index (χ2v) is 11.2. The fourth-order valence-electron chi connectivity index (χ4n) is 3.80. The minimum Gasteiger partial charge on any atom is -0.380 e.